The van der Waals surface area contributed by atoms with Crippen molar-refractivity contribution in [2.45, 2.75) is 15.2 Å². The van der Waals surface area contributed by atoms with Crippen LogP contribution in [0, 0.1) is 0 Å². The molecule has 0 radical (unpaired) electrons. The van der Waals surface area contributed by atoms with E-state index in [1.165, 1.54) is 54.3 Å². The Morgan fingerprint density at radius 1 is 0.410 bits per heavy atom. The molecular weight excluding hydrogens is 490 g/mol. The Balaban J connectivity index is 1.25. The summed E-state index contributed by atoms with van der Waals surface area (Å²) >= 11 is 1.88. The maximum absolute atomic E-state index is 3.66. The second-order valence-electron chi connectivity index (χ2n) is 10.2. The highest BCUT2D eigenvalue weighted by molar-refractivity contribution is 7.99. The Bertz CT molecular complexity index is 1810. The Morgan fingerprint density at radius 3 is 1.67 bits per heavy atom. The lowest BCUT2D eigenvalue weighted by atomic mass is 9.67. The van der Waals surface area contributed by atoms with Gasteiger partial charge in [-0.05, 0) is 74.8 Å². The van der Waals surface area contributed by atoms with Crippen molar-refractivity contribution in [2.24, 2.45) is 0 Å². The van der Waals surface area contributed by atoms with Crippen LogP contribution in [0.25, 0.3) is 22.3 Å². The van der Waals surface area contributed by atoms with Crippen molar-refractivity contribution in [1.29, 1.82) is 0 Å². The van der Waals surface area contributed by atoms with E-state index in [2.05, 4.69) is 151 Å². The normalized spacial score (nSPS) is 13.7. The van der Waals surface area contributed by atoms with Gasteiger partial charge < -0.3 is 5.32 Å². The van der Waals surface area contributed by atoms with Gasteiger partial charge >= 0.3 is 0 Å². The summed E-state index contributed by atoms with van der Waals surface area (Å²) in [4.78, 5) is 2.62. The van der Waals surface area contributed by atoms with Gasteiger partial charge in [-0.15, -0.1) is 0 Å². The molecule has 1 aliphatic heterocycles. The second-order valence-corrected chi connectivity index (χ2v) is 11.3. The molecule has 1 aliphatic carbocycles. The highest BCUT2D eigenvalue weighted by Crippen LogP contribution is 2.62. The molecular formula is C37H25NS. The SMILES string of the molecule is c1ccc(-c2ccc(Nc3ccc4c(c3)Sc3ccccc3C43c4ccccc4-c4ccccc43)cc2)cc1. The minimum absolute atomic E-state index is 0.319. The summed E-state index contributed by atoms with van der Waals surface area (Å²) in [5.74, 6) is 0. The Kier molecular flexibility index (Phi) is 5.04. The number of anilines is 2. The summed E-state index contributed by atoms with van der Waals surface area (Å²) in [5, 5.41) is 3.66. The van der Waals surface area contributed by atoms with Crippen LogP contribution in [0.1, 0.15) is 22.3 Å². The molecule has 2 heteroatoms. The largest absolute Gasteiger partial charge is 0.355 e. The third-order valence-corrected chi connectivity index (χ3v) is 9.26. The fourth-order valence-corrected chi connectivity index (χ4v) is 7.71. The van der Waals surface area contributed by atoms with E-state index < -0.39 is 0 Å². The monoisotopic (exact) mass is 515 g/mol. The van der Waals surface area contributed by atoms with E-state index in [4.69, 9.17) is 0 Å². The van der Waals surface area contributed by atoms with Gasteiger partial charge in [0.1, 0.15) is 0 Å². The molecule has 0 aromatic heterocycles. The summed E-state index contributed by atoms with van der Waals surface area (Å²) < 4.78 is 0. The first-order valence-electron chi connectivity index (χ1n) is 13.4. The predicted octanol–water partition coefficient (Wildman–Crippen LogP) is 9.92. The Labute approximate surface area is 233 Å². The van der Waals surface area contributed by atoms with Crippen LogP contribution in [0.15, 0.2) is 155 Å². The van der Waals surface area contributed by atoms with Crippen molar-refractivity contribution >= 4 is 23.1 Å². The van der Waals surface area contributed by atoms with Gasteiger partial charge in [0.15, 0.2) is 0 Å². The van der Waals surface area contributed by atoms with Crippen LogP contribution in [0.5, 0.6) is 0 Å². The molecule has 6 aromatic rings. The van der Waals surface area contributed by atoms with E-state index in [-0.39, 0.29) is 5.41 Å². The summed E-state index contributed by atoms with van der Waals surface area (Å²) in [6, 6.07) is 53.0. The van der Waals surface area contributed by atoms with Gasteiger partial charge in [0.2, 0.25) is 0 Å². The molecule has 6 aromatic carbocycles. The first kappa shape index (κ1) is 22.5. The van der Waals surface area contributed by atoms with Crippen molar-refractivity contribution in [2.75, 3.05) is 5.32 Å². The number of nitrogens with one attached hydrogen (secondary N) is 1. The lowest BCUT2D eigenvalue weighted by molar-refractivity contribution is 0.722. The van der Waals surface area contributed by atoms with E-state index in [1.807, 2.05) is 11.8 Å². The van der Waals surface area contributed by atoms with E-state index in [9.17, 15) is 0 Å². The Hall–Kier alpha value is -4.53. The van der Waals surface area contributed by atoms with Crippen molar-refractivity contribution in [3.05, 3.63) is 168 Å². The number of rotatable bonds is 3. The second kappa shape index (κ2) is 8.76. The van der Waals surface area contributed by atoms with E-state index in [0.29, 0.717) is 0 Å². The zero-order valence-electron chi connectivity index (χ0n) is 21.3. The topological polar surface area (TPSA) is 12.0 Å². The molecule has 0 amide bonds. The number of fused-ring (bicyclic) bond motifs is 9. The van der Waals surface area contributed by atoms with Crippen LogP contribution in [0.3, 0.4) is 0 Å². The highest BCUT2D eigenvalue weighted by atomic mass is 32.2. The fraction of sp³-hybridized carbons (Fsp3) is 0.0270. The van der Waals surface area contributed by atoms with Crippen LogP contribution in [0.4, 0.5) is 11.4 Å². The van der Waals surface area contributed by atoms with Crippen LogP contribution in [-0.4, -0.2) is 0 Å². The molecule has 0 saturated heterocycles. The van der Waals surface area contributed by atoms with Crippen molar-refractivity contribution in [3.63, 3.8) is 0 Å². The molecule has 1 nitrogen and oxygen atoms in total. The third-order valence-electron chi connectivity index (χ3n) is 8.13. The number of hydrogen-bond acceptors (Lipinski definition) is 2. The molecule has 1 spiro atoms. The third kappa shape index (κ3) is 3.35. The van der Waals surface area contributed by atoms with E-state index >= 15 is 0 Å². The van der Waals surface area contributed by atoms with Crippen molar-refractivity contribution in [1.82, 2.24) is 0 Å². The average molecular weight is 516 g/mol. The van der Waals surface area contributed by atoms with E-state index in [0.717, 1.165) is 11.4 Å². The molecule has 0 saturated carbocycles. The molecule has 1 heterocycles. The van der Waals surface area contributed by atoms with Gasteiger partial charge in [-0.3, -0.25) is 0 Å². The lowest BCUT2D eigenvalue weighted by Gasteiger charge is -2.39. The van der Waals surface area contributed by atoms with Crippen LogP contribution in [-0.2, 0) is 5.41 Å². The molecule has 0 bridgehead atoms. The molecule has 8 rings (SSSR count). The summed E-state index contributed by atoms with van der Waals surface area (Å²) in [5.41, 5.74) is 12.5. The number of benzene rings is 6. The molecule has 0 fully saturated rings. The zero-order chi connectivity index (χ0) is 25.8. The fourth-order valence-electron chi connectivity index (χ4n) is 6.48. The smallest absolute Gasteiger partial charge is 0.0735 e. The first-order chi connectivity index (χ1) is 19.3. The molecule has 39 heavy (non-hydrogen) atoms. The van der Waals surface area contributed by atoms with Gasteiger partial charge in [-0.25, -0.2) is 0 Å². The van der Waals surface area contributed by atoms with Gasteiger partial charge in [0, 0.05) is 21.2 Å². The lowest BCUT2D eigenvalue weighted by Crippen LogP contribution is -2.31. The van der Waals surface area contributed by atoms with Crippen LogP contribution >= 0.6 is 11.8 Å². The van der Waals surface area contributed by atoms with Crippen LogP contribution < -0.4 is 5.32 Å². The maximum Gasteiger partial charge on any atom is 0.0735 e. The van der Waals surface area contributed by atoms with Crippen molar-refractivity contribution in [3.8, 4) is 22.3 Å². The molecule has 0 unspecified atom stereocenters. The maximum atomic E-state index is 3.66. The zero-order valence-corrected chi connectivity index (χ0v) is 22.1. The molecule has 2 aliphatic rings. The average Bonchev–Trinajstić information content (AvgIpc) is 3.29. The molecule has 184 valence electrons. The standard InChI is InChI=1S/C37H25NS/c1-2-10-25(11-3-1)26-18-20-27(21-19-26)38-28-22-23-34-36(24-28)39-35-17-9-8-16-33(35)37(34)31-14-6-4-12-29(31)30-13-5-7-15-32(30)37/h1-24,38H. The van der Waals surface area contributed by atoms with Gasteiger partial charge in [0.05, 0.1) is 5.41 Å². The van der Waals surface area contributed by atoms with Gasteiger partial charge in [0.25, 0.3) is 0 Å². The minimum Gasteiger partial charge on any atom is -0.355 e. The quantitative estimate of drug-likeness (QED) is 0.251. The highest BCUT2D eigenvalue weighted by Gasteiger charge is 2.49. The molecule has 0 atom stereocenters. The van der Waals surface area contributed by atoms with E-state index in [1.54, 1.807) is 0 Å². The van der Waals surface area contributed by atoms with Gasteiger partial charge in [-0.1, -0.05) is 127 Å². The summed E-state index contributed by atoms with van der Waals surface area (Å²) in [6.07, 6.45) is 0. The summed E-state index contributed by atoms with van der Waals surface area (Å²) in [6.45, 7) is 0. The minimum atomic E-state index is -0.319. The Morgan fingerprint density at radius 2 is 0.949 bits per heavy atom. The van der Waals surface area contributed by atoms with Crippen molar-refractivity contribution < 1.29 is 0 Å². The number of hydrogen-bond donors (Lipinski definition) is 1. The predicted molar refractivity (Wildman–Crippen MR) is 163 cm³/mol. The van der Waals surface area contributed by atoms with Crippen LogP contribution in [0.2, 0.25) is 0 Å². The van der Waals surface area contributed by atoms with Gasteiger partial charge in [-0.2, -0.15) is 0 Å². The molecule has 1 N–H and O–H groups in total. The summed E-state index contributed by atoms with van der Waals surface area (Å²) in [7, 11) is 0. The first-order valence-corrected chi connectivity index (χ1v) is 14.2.